The van der Waals surface area contributed by atoms with Crippen molar-refractivity contribution in [3.63, 3.8) is 0 Å². The molecule has 2 aromatic carbocycles. The summed E-state index contributed by atoms with van der Waals surface area (Å²) < 4.78 is 10.9. The van der Waals surface area contributed by atoms with Crippen LogP contribution in [0.5, 0.6) is 17.2 Å². The van der Waals surface area contributed by atoms with Gasteiger partial charge in [0, 0.05) is 5.56 Å². The van der Waals surface area contributed by atoms with E-state index in [4.69, 9.17) is 9.47 Å². The van der Waals surface area contributed by atoms with Crippen LogP contribution in [0, 0.1) is 5.92 Å². The Kier molecular flexibility index (Phi) is 8.87. The molecule has 1 unspecified atom stereocenters. The lowest BCUT2D eigenvalue weighted by Gasteiger charge is -2.20. The van der Waals surface area contributed by atoms with Gasteiger partial charge in [0.2, 0.25) is 0 Å². The molecule has 8 nitrogen and oxygen atoms in total. The number of hydrogen-bond donors (Lipinski definition) is 3. The van der Waals surface area contributed by atoms with Gasteiger partial charge in [-0.3, -0.25) is 9.59 Å². The fourth-order valence-electron chi connectivity index (χ4n) is 2.68. The zero-order valence-electron chi connectivity index (χ0n) is 17.8. The van der Waals surface area contributed by atoms with E-state index in [2.05, 4.69) is 31.8 Å². The molecule has 2 amide bonds. The molecule has 1 atom stereocenters. The lowest BCUT2D eigenvalue weighted by atomic mass is 10.0. The van der Waals surface area contributed by atoms with E-state index in [1.807, 2.05) is 13.8 Å². The second-order valence-electron chi connectivity index (χ2n) is 6.94. The van der Waals surface area contributed by atoms with Crippen LogP contribution < -0.4 is 20.2 Å². The molecule has 31 heavy (non-hydrogen) atoms. The lowest BCUT2D eigenvalue weighted by molar-refractivity contribution is -0.123. The molecule has 2 aromatic rings. The standard InChI is InChI=1S/C22H26BrN3O5/c1-5-31-18-11-14(10-17(23)20(18)27)12-24-26-22(29)19(13(2)3)25-21(28)15-6-8-16(30-4)9-7-15/h6-13,19,27H,5H2,1-4H3,(H,25,28)(H,26,29)/b24-12+. The molecule has 0 aliphatic rings. The number of ether oxygens (including phenoxy) is 2. The molecule has 0 saturated carbocycles. The van der Waals surface area contributed by atoms with Gasteiger partial charge in [-0.1, -0.05) is 13.8 Å². The van der Waals surface area contributed by atoms with Crippen molar-refractivity contribution in [3.8, 4) is 17.2 Å². The van der Waals surface area contributed by atoms with Crippen molar-refractivity contribution >= 4 is 34.0 Å². The van der Waals surface area contributed by atoms with Crippen LogP contribution in [0.25, 0.3) is 0 Å². The SMILES string of the molecule is CCOc1cc(/C=N/NC(=O)C(NC(=O)c2ccc(OC)cc2)C(C)C)cc(Br)c1O. The minimum Gasteiger partial charge on any atom is -0.503 e. The molecule has 0 fully saturated rings. The number of nitrogens with zero attached hydrogens (tertiary/aromatic N) is 1. The van der Waals surface area contributed by atoms with Crippen molar-refractivity contribution in [1.82, 2.24) is 10.7 Å². The van der Waals surface area contributed by atoms with Crippen molar-refractivity contribution in [2.24, 2.45) is 11.0 Å². The molecule has 0 radical (unpaired) electrons. The predicted molar refractivity (Wildman–Crippen MR) is 122 cm³/mol. The average Bonchev–Trinajstić information content (AvgIpc) is 2.75. The summed E-state index contributed by atoms with van der Waals surface area (Å²) in [4.78, 5) is 25.1. The third-order valence-electron chi connectivity index (χ3n) is 4.33. The van der Waals surface area contributed by atoms with Gasteiger partial charge in [0.05, 0.1) is 24.4 Å². The number of hydrazone groups is 1. The number of phenolic OH excluding ortho intramolecular Hbond substituents is 1. The first-order chi connectivity index (χ1) is 14.8. The van der Waals surface area contributed by atoms with E-state index in [9.17, 15) is 14.7 Å². The number of benzene rings is 2. The molecule has 166 valence electrons. The van der Waals surface area contributed by atoms with Gasteiger partial charge in [-0.2, -0.15) is 5.10 Å². The number of aromatic hydroxyl groups is 1. The number of rotatable bonds is 9. The summed E-state index contributed by atoms with van der Waals surface area (Å²) in [5.74, 6) is -0.0527. The molecule has 3 N–H and O–H groups in total. The highest BCUT2D eigenvalue weighted by molar-refractivity contribution is 9.10. The number of hydrogen-bond acceptors (Lipinski definition) is 6. The zero-order chi connectivity index (χ0) is 23.0. The van der Waals surface area contributed by atoms with Crippen molar-refractivity contribution < 1.29 is 24.2 Å². The first kappa shape index (κ1) is 24.2. The lowest BCUT2D eigenvalue weighted by Crippen LogP contribution is -2.48. The van der Waals surface area contributed by atoms with Crippen LogP contribution in [0.15, 0.2) is 46.0 Å². The average molecular weight is 492 g/mol. The summed E-state index contributed by atoms with van der Waals surface area (Å²) in [6, 6.07) is 9.06. The Labute approximate surface area is 189 Å². The van der Waals surface area contributed by atoms with Crippen LogP contribution in [0.1, 0.15) is 36.7 Å². The van der Waals surface area contributed by atoms with Crippen LogP contribution in [0.2, 0.25) is 0 Å². The molecule has 9 heteroatoms. The maximum Gasteiger partial charge on any atom is 0.262 e. The third-order valence-corrected chi connectivity index (χ3v) is 4.93. The van der Waals surface area contributed by atoms with Crippen LogP contribution >= 0.6 is 15.9 Å². The van der Waals surface area contributed by atoms with Crippen LogP contribution in [0.3, 0.4) is 0 Å². The molecule has 0 aliphatic heterocycles. The molecule has 0 heterocycles. The minimum atomic E-state index is -0.780. The number of halogens is 1. The summed E-state index contributed by atoms with van der Waals surface area (Å²) >= 11 is 3.25. The monoisotopic (exact) mass is 491 g/mol. The van der Waals surface area contributed by atoms with E-state index < -0.39 is 11.9 Å². The largest absolute Gasteiger partial charge is 0.503 e. The highest BCUT2D eigenvalue weighted by Gasteiger charge is 2.24. The maximum absolute atomic E-state index is 12.6. The van der Waals surface area contributed by atoms with Crippen molar-refractivity contribution in [2.45, 2.75) is 26.8 Å². The fourth-order valence-corrected chi connectivity index (χ4v) is 3.14. The Morgan fingerprint density at radius 3 is 2.48 bits per heavy atom. The quantitative estimate of drug-likeness (QED) is 0.367. The summed E-state index contributed by atoms with van der Waals surface area (Å²) in [5.41, 5.74) is 3.48. The Balaban J connectivity index is 2.06. The number of carbonyl (C=O) groups excluding carboxylic acids is 2. The summed E-state index contributed by atoms with van der Waals surface area (Å²) in [6.07, 6.45) is 1.42. The second-order valence-corrected chi connectivity index (χ2v) is 7.79. The Morgan fingerprint density at radius 2 is 1.90 bits per heavy atom. The molecule has 0 saturated heterocycles. The number of amides is 2. The Hall–Kier alpha value is -3.07. The first-order valence-electron chi connectivity index (χ1n) is 9.70. The molecule has 0 aromatic heterocycles. The second kappa shape index (κ2) is 11.4. The number of nitrogens with one attached hydrogen (secondary N) is 2. The topological polar surface area (TPSA) is 109 Å². The van der Waals surface area contributed by atoms with E-state index in [1.165, 1.54) is 6.21 Å². The zero-order valence-corrected chi connectivity index (χ0v) is 19.4. The van der Waals surface area contributed by atoms with Crippen LogP contribution in [-0.2, 0) is 4.79 Å². The van der Waals surface area contributed by atoms with E-state index in [1.54, 1.807) is 50.4 Å². The van der Waals surface area contributed by atoms with Crippen LogP contribution in [0.4, 0.5) is 0 Å². The van der Waals surface area contributed by atoms with Gasteiger partial charge in [0.1, 0.15) is 11.8 Å². The van der Waals surface area contributed by atoms with E-state index in [0.717, 1.165) is 0 Å². The van der Waals surface area contributed by atoms with Crippen molar-refractivity contribution in [2.75, 3.05) is 13.7 Å². The minimum absolute atomic E-state index is 0.0100. The molecule has 0 spiro atoms. The first-order valence-corrected chi connectivity index (χ1v) is 10.5. The number of methoxy groups -OCH3 is 1. The highest BCUT2D eigenvalue weighted by Crippen LogP contribution is 2.35. The maximum atomic E-state index is 12.6. The summed E-state index contributed by atoms with van der Waals surface area (Å²) in [7, 11) is 1.54. The molecule has 0 bridgehead atoms. The smallest absolute Gasteiger partial charge is 0.262 e. The predicted octanol–water partition coefficient (Wildman–Crippen LogP) is 3.47. The molecular formula is C22H26BrN3O5. The van der Waals surface area contributed by atoms with Gasteiger partial charge in [0.15, 0.2) is 11.5 Å². The van der Waals surface area contributed by atoms with Gasteiger partial charge in [-0.25, -0.2) is 5.43 Å². The van der Waals surface area contributed by atoms with Crippen molar-refractivity contribution in [1.29, 1.82) is 0 Å². The Morgan fingerprint density at radius 1 is 1.23 bits per heavy atom. The summed E-state index contributed by atoms with van der Waals surface area (Å²) in [6.45, 7) is 5.85. The molecular weight excluding hydrogens is 466 g/mol. The molecule has 2 rings (SSSR count). The Bertz CT molecular complexity index is 945. The third kappa shape index (κ3) is 6.71. The summed E-state index contributed by atoms with van der Waals surface area (Å²) in [5, 5.41) is 16.7. The van der Waals surface area contributed by atoms with Gasteiger partial charge in [0.25, 0.3) is 11.8 Å². The normalized spacial score (nSPS) is 11.9. The number of phenols is 1. The van der Waals surface area contributed by atoms with E-state index in [0.29, 0.717) is 33.7 Å². The van der Waals surface area contributed by atoms with Gasteiger partial charge < -0.3 is 19.9 Å². The van der Waals surface area contributed by atoms with E-state index in [-0.39, 0.29) is 17.6 Å². The fraction of sp³-hybridized carbons (Fsp3) is 0.318. The number of carbonyl (C=O) groups is 2. The van der Waals surface area contributed by atoms with Gasteiger partial charge >= 0.3 is 0 Å². The van der Waals surface area contributed by atoms with E-state index >= 15 is 0 Å². The molecule has 0 aliphatic carbocycles. The highest BCUT2D eigenvalue weighted by atomic mass is 79.9. The van der Waals surface area contributed by atoms with Crippen LogP contribution in [-0.4, -0.2) is 42.9 Å². The van der Waals surface area contributed by atoms with Gasteiger partial charge in [-0.15, -0.1) is 0 Å². The van der Waals surface area contributed by atoms with Gasteiger partial charge in [-0.05, 0) is 70.7 Å². The van der Waals surface area contributed by atoms with Crippen molar-refractivity contribution in [3.05, 3.63) is 52.0 Å².